The van der Waals surface area contributed by atoms with Gasteiger partial charge in [-0.25, -0.2) is 13.1 Å². The molecule has 5 nitrogen and oxygen atoms in total. The summed E-state index contributed by atoms with van der Waals surface area (Å²) in [5.74, 6) is 0.681. The highest BCUT2D eigenvalue weighted by Gasteiger charge is 2.17. The van der Waals surface area contributed by atoms with E-state index in [4.69, 9.17) is 10.5 Å². The van der Waals surface area contributed by atoms with Crippen molar-refractivity contribution in [3.63, 3.8) is 0 Å². The van der Waals surface area contributed by atoms with Crippen LogP contribution in [0.2, 0.25) is 0 Å². The maximum atomic E-state index is 12.3. The Bertz CT molecular complexity index is 748. The first-order valence-corrected chi connectivity index (χ1v) is 8.37. The van der Waals surface area contributed by atoms with Gasteiger partial charge in [0.2, 0.25) is 10.0 Å². The van der Waals surface area contributed by atoms with Crippen LogP contribution < -0.4 is 15.2 Å². The van der Waals surface area contributed by atoms with E-state index in [1.165, 1.54) is 6.07 Å². The minimum Gasteiger partial charge on any atom is -0.497 e. The van der Waals surface area contributed by atoms with Crippen LogP contribution >= 0.6 is 15.9 Å². The quantitative estimate of drug-likeness (QED) is 0.792. The lowest BCUT2D eigenvalue weighted by Crippen LogP contribution is -2.23. The summed E-state index contributed by atoms with van der Waals surface area (Å²) in [5.41, 5.74) is 6.91. The summed E-state index contributed by atoms with van der Waals surface area (Å²) in [6, 6.07) is 11.8. The van der Waals surface area contributed by atoms with E-state index in [0.29, 0.717) is 15.9 Å². The normalized spacial score (nSPS) is 11.3. The number of methoxy groups -OCH3 is 1. The molecule has 0 saturated carbocycles. The van der Waals surface area contributed by atoms with Gasteiger partial charge in [-0.2, -0.15) is 0 Å². The van der Waals surface area contributed by atoms with Crippen molar-refractivity contribution < 1.29 is 13.2 Å². The highest BCUT2D eigenvalue weighted by atomic mass is 79.9. The van der Waals surface area contributed by atoms with Crippen molar-refractivity contribution in [2.24, 2.45) is 0 Å². The maximum absolute atomic E-state index is 12.3. The van der Waals surface area contributed by atoms with E-state index in [9.17, 15) is 8.42 Å². The Hall–Kier alpha value is -1.57. The Balaban J connectivity index is 2.17. The number of nitrogen functional groups attached to an aromatic ring is 1. The van der Waals surface area contributed by atoms with Crippen molar-refractivity contribution in [2.75, 3.05) is 12.8 Å². The Morgan fingerprint density at radius 1 is 1.24 bits per heavy atom. The highest BCUT2D eigenvalue weighted by molar-refractivity contribution is 9.10. The molecular weight excluding hydrogens is 356 g/mol. The zero-order valence-corrected chi connectivity index (χ0v) is 13.7. The molecule has 0 fully saturated rings. The van der Waals surface area contributed by atoms with Crippen LogP contribution in [-0.4, -0.2) is 15.5 Å². The first kappa shape index (κ1) is 15.8. The lowest BCUT2D eigenvalue weighted by atomic mass is 10.2. The van der Waals surface area contributed by atoms with Crippen LogP contribution in [0.25, 0.3) is 0 Å². The van der Waals surface area contributed by atoms with Crippen LogP contribution in [0.4, 0.5) is 5.69 Å². The van der Waals surface area contributed by atoms with Gasteiger partial charge in [0.15, 0.2) is 0 Å². The maximum Gasteiger partial charge on any atom is 0.241 e. The van der Waals surface area contributed by atoms with Crippen LogP contribution in [0.1, 0.15) is 5.56 Å². The van der Waals surface area contributed by atoms with Crippen molar-refractivity contribution in [3.8, 4) is 5.75 Å². The van der Waals surface area contributed by atoms with Gasteiger partial charge in [0, 0.05) is 16.7 Å². The van der Waals surface area contributed by atoms with E-state index in [-0.39, 0.29) is 11.4 Å². The summed E-state index contributed by atoms with van der Waals surface area (Å²) >= 11 is 3.21. The van der Waals surface area contributed by atoms with E-state index < -0.39 is 10.0 Å². The van der Waals surface area contributed by atoms with E-state index >= 15 is 0 Å². The third-order valence-corrected chi connectivity index (χ3v) is 5.22. The molecule has 112 valence electrons. The molecule has 0 aliphatic rings. The molecule has 2 aromatic rings. The number of rotatable bonds is 5. The molecule has 0 heterocycles. The molecule has 3 N–H and O–H groups in total. The molecule has 0 radical (unpaired) electrons. The molecule has 21 heavy (non-hydrogen) atoms. The van der Waals surface area contributed by atoms with E-state index in [2.05, 4.69) is 20.7 Å². The van der Waals surface area contributed by atoms with Crippen molar-refractivity contribution in [1.29, 1.82) is 0 Å². The molecule has 2 aromatic carbocycles. The third-order valence-electron chi connectivity index (χ3n) is 2.85. The fourth-order valence-corrected chi connectivity index (χ4v) is 3.88. The van der Waals surface area contributed by atoms with Crippen molar-refractivity contribution >= 4 is 31.6 Å². The second-order valence-corrected chi connectivity index (χ2v) is 6.96. The Labute approximate surface area is 132 Å². The minimum absolute atomic E-state index is 0.152. The molecular formula is C14H15BrN2O3S. The predicted molar refractivity (Wildman–Crippen MR) is 85.6 cm³/mol. The van der Waals surface area contributed by atoms with E-state index in [1.807, 2.05) is 12.1 Å². The fraction of sp³-hybridized carbons (Fsp3) is 0.143. The molecule has 2 rings (SSSR count). The Morgan fingerprint density at radius 2 is 2.00 bits per heavy atom. The van der Waals surface area contributed by atoms with Crippen molar-refractivity contribution in [1.82, 2.24) is 4.72 Å². The van der Waals surface area contributed by atoms with Gasteiger partial charge in [0.1, 0.15) is 5.75 Å². The predicted octanol–water partition coefficient (Wildman–Crippen LogP) is 2.52. The zero-order valence-electron chi connectivity index (χ0n) is 11.3. The van der Waals surface area contributed by atoms with Gasteiger partial charge in [-0.15, -0.1) is 0 Å². The smallest absolute Gasteiger partial charge is 0.241 e. The average Bonchev–Trinajstić information content (AvgIpc) is 2.45. The first-order valence-electron chi connectivity index (χ1n) is 6.10. The van der Waals surface area contributed by atoms with Gasteiger partial charge in [-0.05, 0) is 51.8 Å². The van der Waals surface area contributed by atoms with Gasteiger partial charge >= 0.3 is 0 Å². The molecule has 0 bridgehead atoms. The van der Waals surface area contributed by atoms with E-state index in [1.54, 1.807) is 31.4 Å². The van der Waals surface area contributed by atoms with Gasteiger partial charge in [0.05, 0.1) is 12.0 Å². The Morgan fingerprint density at radius 3 is 2.67 bits per heavy atom. The summed E-state index contributed by atoms with van der Waals surface area (Å²) in [6.07, 6.45) is 0. The largest absolute Gasteiger partial charge is 0.497 e. The number of hydrogen-bond acceptors (Lipinski definition) is 4. The number of sulfonamides is 1. The number of nitrogens with two attached hydrogens (primary N) is 1. The van der Waals surface area contributed by atoms with Crippen LogP contribution in [0.3, 0.4) is 0 Å². The molecule has 0 atom stereocenters. The number of hydrogen-bond donors (Lipinski definition) is 2. The van der Waals surface area contributed by atoms with Gasteiger partial charge < -0.3 is 10.5 Å². The summed E-state index contributed by atoms with van der Waals surface area (Å²) in [7, 11) is -2.05. The zero-order chi connectivity index (χ0) is 15.5. The fourth-order valence-electron chi connectivity index (χ4n) is 1.77. The number of halogens is 1. The molecule has 0 aliphatic carbocycles. The molecule has 0 aliphatic heterocycles. The molecule has 0 unspecified atom stereocenters. The molecule has 0 spiro atoms. The van der Waals surface area contributed by atoms with Gasteiger partial charge in [0.25, 0.3) is 0 Å². The molecule has 7 heteroatoms. The number of nitrogens with one attached hydrogen (secondary N) is 1. The van der Waals surface area contributed by atoms with Gasteiger partial charge in [-0.3, -0.25) is 0 Å². The minimum atomic E-state index is -3.62. The van der Waals surface area contributed by atoms with Crippen molar-refractivity contribution in [2.45, 2.75) is 11.4 Å². The standard InChI is InChI=1S/C14H15BrN2O3S/c1-20-12-4-2-3-10(7-12)9-17-21(18,19)14-6-5-11(16)8-13(14)15/h2-8,17H,9,16H2,1H3. The summed E-state index contributed by atoms with van der Waals surface area (Å²) in [6.45, 7) is 0.177. The number of benzene rings is 2. The third kappa shape index (κ3) is 3.96. The second kappa shape index (κ2) is 6.46. The summed E-state index contributed by atoms with van der Waals surface area (Å²) < 4.78 is 32.6. The van der Waals surface area contributed by atoms with Crippen LogP contribution in [-0.2, 0) is 16.6 Å². The SMILES string of the molecule is COc1cccc(CNS(=O)(=O)c2ccc(N)cc2Br)c1. The topological polar surface area (TPSA) is 81.4 Å². The molecule has 0 aromatic heterocycles. The lowest BCUT2D eigenvalue weighted by Gasteiger charge is -2.10. The van der Waals surface area contributed by atoms with Crippen LogP contribution in [0.5, 0.6) is 5.75 Å². The number of anilines is 1. The Kier molecular flexibility index (Phi) is 4.87. The first-order chi connectivity index (χ1) is 9.92. The summed E-state index contributed by atoms with van der Waals surface area (Å²) in [4.78, 5) is 0.152. The van der Waals surface area contributed by atoms with Gasteiger partial charge in [-0.1, -0.05) is 12.1 Å². The monoisotopic (exact) mass is 370 g/mol. The average molecular weight is 371 g/mol. The number of ether oxygens (including phenoxy) is 1. The van der Waals surface area contributed by atoms with Crippen LogP contribution in [0.15, 0.2) is 51.8 Å². The molecule has 0 amide bonds. The van der Waals surface area contributed by atoms with E-state index in [0.717, 1.165) is 5.56 Å². The molecule has 0 saturated heterocycles. The van der Waals surface area contributed by atoms with Crippen molar-refractivity contribution in [3.05, 3.63) is 52.5 Å². The highest BCUT2D eigenvalue weighted by Crippen LogP contribution is 2.24. The van der Waals surface area contributed by atoms with Crippen LogP contribution in [0, 0.1) is 0 Å². The summed E-state index contributed by atoms with van der Waals surface area (Å²) in [5, 5.41) is 0. The lowest BCUT2D eigenvalue weighted by molar-refractivity contribution is 0.414. The second-order valence-electron chi connectivity index (χ2n) is 4.37.